The summed E-state index contributed by atoms with van der Waals surface area (Å²) < 4.78 is 0.737. The van der Waals surface area contributed by atoms with Crippen LogP contribution in [0.5, 0.6) is 0 Å². The van der Waals surface area contributed by atoms with Gasteiger partial charge in [0.1, 0.15) is 5.82 Å². The molecule has 0 saturated heterocycles. The number of hydrogen-bond acceptors (Lipinski definition) is 5. The summed E-state index contributed by atoms with van der Waals surface area (Å²) in [7, 11) is 0. The summed E-state index contributed by atoms with van der Waals surface area (Å²) in [4.78, 5) is 4.11. The van der Waals surface area contributed by atoms with Crippen LogP contribution >= 0.6 is 15.9 Å². The van der Waals surface area contributed by atoms with Crippen molar-refractivity contribution in [3.05, 3.63) is 16.2 Å². The van der Waals surface area contributed by atoms with Crippen LogP contribution in [0.2, 0.25) is 0 Å². The largest absolute Gasteiger partial charge is 0.397 e. The molecule has 0 aromatic carbocycles. The van der Waals surface area contributed by atoms with Crippen LogP contribution in [-0.4, -0.2) is 33.9 Å². The molecular formula is C10H16BrN3O2. The Morgan fingerprint density at radius 1 is 1.50 bits per heavy atom. The molecule has 0 aliphatic carbocycles. The lowest BCUT2D eigenvalue weighted by atomic mass is 10.1. The second-order valence-corrected chi connectivity index (χ2v) is 4.80. The van der Waals surface area contributed by atoms with Gasteiger partial charge in [-0.25, -0.2) is 4.98 Å². The van der Waals surface area contributed by atoms with Crippen molar-refractivity contribution in [2.45, 2.75) is 19.4 Å². The zero-order valence-electron chi connectivity index (χ0n) is 9.29. The van der Waals surface area contributed by atoms with Crippen LogP contribution in [0.25, 0.3) is 0 Å². The van der Waals surface area contributed by atoms with Crippen molar-refractivity contribution < 1.29 is 10.2 Å². The van der Waals surface area contributed by atoms with Gasteiger partial charge in [-0.3, -0.25) is 0 Å². The first-order valence-electron chi connectivity index (χ1n) is 4.84. The Morgan fingerprint density at radius 3 is 2.56 bits per heavy atom. The molecule has 0 spiro atoms. The predicted molar refractivity (Wildman–Crippen MR) is 67.3 cm³/mol. The standard InChI is InChI=1S/C10H16BrN3O2/c1-6-7(12)3-13-9(8(6)11)14-10(2,4-15)5-16/h3,15-16H,4-5,12H2,1-2H3,(H,13,14). The minimum atomic E-state index is -0.807. The number of pyridine rings is 1. The predicted octanol–water partition coefficient (Wildman–Crippen LogP) is 0.890. The van der Waals surface area contributed by atoms with Gasteiger partial charge in [0.15, 0.2) is 0 Å². The molecule has 1 aromatic rings. The Labute approximate surface area is 103 Å². The number of nitrogens with two attached hydrogens (primary N) is 1. The van der Waals surface area contributed by atoms with E-state index in [1.807, 2.05) is 6.92 Å². The van der Waals surface area contributed by atoms with E-state index in [1.54, 1.807) is 6.92 Å². The van der Waals surface area contributed by atoms with Gasteiger partial charge in [0, 0.05) is 0 Å². The van der Waals surface area contributed by atoms with Crippen molar-refractivity contribution >= 4 is 27.4 Å². The first kappa shape index (κ1) is 13.2. The Balaban J connectivity index is 3.03. The minimum Gasteiger partial charge on any atom is -0.397 e. The van der Waals surface area contributed by atoms with Crippen molar-refractivity contribution in [2.75, 3.05) is 24.3 Å². The summed E-state index contributed by atoms with van der Waals surface area (Å²) in [5.74, 6) is 0.553. The Morgan fingerprint density at radius 2 is 2.06 bits per heavy atom. The van der Waals surface area contributed by atoms with Gasteiger partial charge in [-0.2, -0.15) is 0 Å². The fourth-order valence-corrected chi connectivity index (χ4v) is 1.52. The van der Waals surface area contributed by atoms with Crippen LogP contribution in [0.3, 0.4) is 0 Å². The van der Waals surface area contributed by atoms with E-state index >= 15 is 0 Å². The summed E-state index contributed by atoms with van der Waals surface area (Å²) in [6.45, 7) is 3.18. The normalized spacial score (nSPS) is 11.6. The molecule has 0 radical (unpaired) electrons. The highest BCUT2D eigenvalue weighted by molar-refractivity contribution is 9.10. The maximum absolute atomic E-state index is 9.17. The van der Waals surface area contributed by atoms with Crippen molar-refractivity contribution in [3.8, 4) is 0 Å². The molecule has 0 saturated carbocycles. The molecule has 0 unspecified atom stereocenters. The number of nitrogen functional groups attached to an aromatic ring is 1. The summed E-state index contributed by atoms with van der Waals surface area (Å²) >= 11 is 3.37. The maximum Gasteiger partial charge on any atom is 0.141 e. The summed E-state index contributed by atoms with van der Waals surface area (Å²) in [5, 5.41) is 21.3. The summed E-state index contributed by atoms with van der Waals surface area (Å²) in [5.41, 5.74) is 6.35. The highest BCUT2D eigenvalue weighted by atomic mass is 79.9. The van der Waals surface area contributed by atoms with Gasteiger partial charge >= 0.3 is 0 Å². The van der Waals surface area contributed by atoms with Gasteiger partial charge in [-0.05, 0) is 35.3 Å². The molecule has 90 valence electrons. The number of aliphatic hydroxyl groups is 2. The first-order chi connectivity index (χ1) is 7.43. The van der Waals surface area contributed by atoms with Gasteiger partial charge in [0.05, 0.1) is 35.1 Å². The quantitative estimate of drug-likeness (QED) is 0.661. The Hall–Kier alpha value is -0.850. The van der Waals surface area contributed by atoms with E-state index in [0.717, 1.165) is 10.0 Å². The molecule has 0 amide bonds. The van der Waals surface area contributed by atoms with E-state index in [2.05, 4.69) is 26.2 Å². The lowest BCUT2D eigenvalue weighted by Gasteiger charge is -2.27. The van der Waals surface area contributed by atoms with Crippen LogP contribution in [0.4, 0.5) is 11.5 Å². The summed E-state index contributed by atoms with van der Waals surface area (Å²) in [6, 6.07) is 0. The molecule has 0 bridgehead atoms. The second-order valence-electron chi connectivity index (χ2n) is 4.00. The Bertz CT molecular complexity index is 381. The molecular weight excluding hydrogens is 274 g/mol. The van der Waals surface area contributed by atoms with Gasteiger partial charge < -0.3 is 21.3 Å². The van der Waals surface area contributed by atoms with Crippen LogP contribution in [0.1, 0.15) is 12.5 Å². The fraction of sp³-hybridized carbons (Fsp3) is 0.500. The molecule has 1 rings (SSSR count). The van der Waals surface area contributed by atoms with E-state index in [-0.39, 0.29) is 13.2 Å². The molecule has 0 atom stereocenters. The molecule has 0 aliphatic rings. The Kier molecular flexibility index (Phi) is 4.12. The van der Waals surface area contributed by atoms with Crippen LogP contribution in [0.15, 0.2) is 10.7 Å². The van der Waals surface area contributed by atoms with E-state index in [9.17, 15) is 10.2 Å². The van der Waals surface area contributed by atoms with Crippen molar-refractivity contribution in [1.29, 1.82) is 0 Å². The molecule has 1 heterocycles. The van der Waals surface area contributed by atoms with Crippen molar-refractivity contribution in [1.82, 2.24) is 4.98 Å². The number of aromatic nitrogens is 1. The van der Waals surface area contributed by atoms with Crippen LogP contribution in [-0.2, 0) is 0 Å². The lowest BCUT2D eigenvalue weighted by molar-refractivity contribution is 0.147. The third kappa shape index (κ3) is 2.63. The molecule has 0 fully saturated rings. The number of nitrogens with one attached hydrogen (secondary N) is 1. The first-order valence-corrected chi connectivity index (χ1v) is 5.63. The van der Waals surface area contributed by atoms with Gasteiger partial charge in [-0.15, -0.1) is 0 Å². The fourth-order valence-electron chi connectivity index (χ4n) is 1.09. The molecule has 16 heavy (non-hydrogen) atoms. The zero-order valence-corrected chi connectivity index (χ0v) is 10.9. The van der Waals surface area contributed by atoms with Gasteiger partial charge in [-0.1, -0.05) is 0 Å². The third-order valence-electron chi connectivity index (χ3n) is 2.42. The highest BCUT2D eigenvalue weighted by Crippen LogP contribution is 2.29. The molecule has 1 aromatic heterocycles. The van der Waals surface area contributed by atoms with E-state index in [0.29, 0.717) is 11.5 Å². The van der Waals surface area contributed by atoms with Crippen molar-refractivity contribution in [2.24, 2.45) is 0 Å². The summed E-state index contributed by atoms with van der Waals surface area (Å²) in [6.07, 6.45) is 1.54. The number of anilines is 2. The SMILES string of the molecule is Cc1c(N)cnc(NC(C)(CO)CO)c1Br. The maximum atomic E-state index is 9.17. The van der Waals surface area contributed by atoms with Crippen LogP contribution in [0, 0.1) is 6.92 Å². The highest BCUT2D eigenvalue weighted by Gasteiger charge is 2.23. The zero-order chi connectivity index (χ0) is 12.3. The monoisotopic (exact) mass is 289 g/mol. The minimum absolute atomic E-state index is 0.193. The van der Waals surface area contributed by atoms with E-state index < -0.39 is 5.54 Å². The molecule has 0 aliphatic heterocycles. The molecule has 5 N–H and O–H groups in total. The number of halogens is 1. The average molecular weight is 290 g/mol. The topological polar surface area (TPSA) is 91.4 Å². The average Bonchev–Trinajstić information content (AvgIpc) is 2.30. The number of nitrogens with zero attached hydrogens (tertiary/aromatic N) is 1. The van der Waals surface area contributed by atoms with Crippen LogP contribution < -0.4 is 11.1 Å². The number of rotatable bonds is 4. The lowest BCUT2D eigenvalue weighted by Crippen LogP contribution is -2.42. The van der Waals surface area contributed by atoms with Crippen molar-refractivity contribution in [3.63, 3.8) is 0 Å². The third-order valence-corrected chi connectivity index (χ3v) is 3.39. The number of aliphatic hydroxyl groups excluding tert-OH is 2. The molecule has 5 nitrogen and oxygen atoms in total. The smallest absolute Gasteiger partial charge is 0.141 e. The second kappa shape index (κ2) is 4.99. The van der Waals surface area contributed by atoms with Gasteiger partial charge in [0.25, 0.3) is 0 Å². The van der Waals surface area contributed by atoms with Gasteiger partial charge in [0.2, 0.25) is 0 Å². The van der Waals surface area contributed by atoms with E-state index in [1.165, 1.54) is 6.20 Å². The number of hydrogen-bond donors (Lipinski definition) is 4. The molecule has 6 heteroatoms. The van der Waals surface area contributed by atoms with E-state index in [4.69, 9.17) is 5.73 Å².